The molecule has 0 radical (unpaired) electrons. The van der Waals surface area contributed by atoms with E-state index in [1.54, 1.807) is 7.11 Å². The fourth-order valence-electron chi connectivity index (χ4n) is 4.03. The van der Waals surface area contributed by atoms with Gasteiger partial charge in [0.1, 0.15) is 5.75 Å². The molecule has 0 aliphatic carbocycles. The molecule has 0 N–H and O–H groups in total. The number of alkyl halides is 1. The molecule has 3 atom stereocenters. The lowest BCUT2D eigenvalue weighted by Gasteiger charge is -2.50. The Hall–Kier alpha value is -0.770. The standard InChI is InChI=1S/C19H28ClNO2/c1-19(18-7-3-4-13-23-18,21-12-5-6-16(20)14-21)15-8-10-17(22-2)11-9-15/h8-11,16,18H,3-7,12-14H2,1-2H3/t16-,18?,19?/m0/s1. The zero-order valence-corrected chi connectivity index (χ0v) is 15.0. The van der Waals surface area contributed by atoms with Crippen LogP contribution in [0.15, 0.2) is 24.3 Å². The molecule has 2 unspecified atom stereocenters. The summed E-state index contributed by atoms with van der Waals surface area (Å²) < 4.78 is 11.6. The quantitative estimate of drug-likeness (QED) is 0.769. The molecule has 2 fully saturated rings. The lowest BCUT2D eigenvalue weighted by molar-refractivity contribution is -0.0961. The minimum Gasteiger partial charge on any atom is -0.497 e. The third kappa shape index (κ3) is 3.52. The second kappa shape index (κ2) is 7.42. The maximum Gasteiger partial charge on any atom is 0.118 e. The number of rotatable bonds is 4. The molecule has 0 amide bonds. The van der Waals surface area contributed by atoms with E-state index in [-0.39, 0.29) is 17.0 Å². The average molecular weight is 338 g/mol. The van der Waals surface area contributed by atoms with E-state index in [0.717, 1.165) is 44.7 Å². The summed E-state index contributed by atoms with van der Waals surface area (Å²) in [6.45, 7) is 5.23. The second-order valence-corrected chi connectivity index (χ2v) is 7.53. The average Bonchev–Trinajstić information content (AvgIpc) is 2.62. The summed E-state index contributed by atoms with van der Waals surface area (Å²) in [7, 11) is 1.71. The molecule has 1 aromatic carbocycles. The Morgan fingerprint density at radius 3 is 2.57 bits per heavy atom. The third-order valence-corrected chi connectivity index (χ3v) is 5.86. The van der Waals surface area contributed by atoms with Crippen LogP contribution in [0.25, 0.3) is 0 Å². The molecule has 2 aliphatic heterocycles. The molecule has 0 spiro atoms. The van der Waals surface area contributed by atoms with Crippen molar-refractivity contribution in [3.63, 3.8) is 0 Å². The lowest BCUT2D eigenvalue weighted by Crippen LogP contribution is -2.57. The Labute approximate surface area is 144 Å². The van der Waals surface area contributed by atoms with Crippen molar-refractivity contribution >= 4 is 11.6 Å². The molecule has 3 nitrogen and oxygen atoms in total. The second-order valence-electron chi connectivity index (χ2n) is 6.92. The van der Waals surface area contributed by atoms with Crippen molar-refractivity contribution in [2.24, 2.45) is 0 Å². The number of piperidine rings is 1. The van der Waals surface area contributed by atoms with Crippen LogP contribution in [0.5, 0.6) is 5.75 Å². The van der Waals surface area contributed by atoms with Crippen molar-refractivity contribution < 1.29 is 9.47 Å². The van der Waals surface area contributed by atoms with Gasteiger partial charge in [0.15, 0.2) is 0 Å². The maximum absolute atomic E-state index is 6.49. The number of ether oxygens (including phenoxy) is 2. The van der Waals surface area contributed by atoms with Crippen LogP contribution in [0.1, 0.15) is 44.6 Å². The Kier molecular flexibility index (Phi) is 5.50. The van der Waals surface area contributed by atoms with E-state index in [2.05, 4.69) is 36.1 Å². The van der Waals surface area contributed by atoms with Gasteiger partial charge in [0.05, 0.1) is 18.8 Å². The Balaban J connectivity index is 1.93. The molecule has 0 saturated carbocycles. The van der Waals surface area contributed by atoms with Gasteiger partial charge in [-0.1, -0.05) is 12.1 Å². The van der Waals surface area contributed by atoms with Gasteiger partial charge < -0.3 is 9.47 Å². The monoisotopic (exact) mass is 337 g/mol. The first-order chi connectivity index (χ1) is 11.1. The van der Waals surface area contributed by atoms with Crippen LogP contribution < -0.4 is 4.74 Å². The number of methoxy groups -OCH3 is 1. The largest absolute Gasteiger partial charge is 0.497 e. The third-order valence-electron chi connectivity index (χ3n) is 5.50. The van der Waals surface area contributed by atoms with E-state index >= 15 is 0 Å². The van der Waals surface area contributed by atoms with Crippen LogP contribution >= 0.6 is 11.6 Å². The zero-order chi connectivity index (χ0) is 16.3. The SMILES string of the molecule is COc1ccc(C(C)(C2CCCCO2)N2CCC[C@H](Cl)C2)cc1. The summed E-state index contributed by atoms with van der Waals surface area (Å²) in [5.74, 6) is 0.898. The van der Waals surface area contributed by atoms with Gasteiger partial charge in [0.25, 0.3) is 0 Å². The van der Waals surface area contributed by atoms with Gasteiger partial charge >= 0.3 is 0 Å². The van der Waals surface area contributed by atoms with Crippen LogP contribution in [-0.4, -0.2) is 43.2 Å². The summed E-state index contributed by atoms with van der Waals surface area (Å²) >= 11 is 6.49. The Bertz CT molecular complexity index is 501. The number of nitrogens with zero attached hydrogens (tertiary/aromatic N) is 1. The van der Waals surface area contributed by atoms with Gasteiger partial charge in [-0.2, -0.15) is 0 Å². The molecule has 128 valence electrons. The van der Waals surface area contributed by atoms with Crippen molar-refractivity contribution in [3.8, 4) is 5.75 Å². The number of hydrogen-bond donors (Lipinski definition) is 0. The van der Waals surface area contributed by atoms with Crippen LogP contribution in [0, 0.1) is 0 Å². The molecule has 0 bridgehead atoms. The fraction of sp³-hybridized carbons (Fsp3) is 0.684. The summed E-state index contributed by atoms with van der Waals surface area (Å²) in [6, 6.07) is 8.49. The molecule has 2 aliphatic rings. The van der Waals surface area contributed by atoms with Crippen LogP contribution in [0.3, 0.4) is 0 Å². The Morgan fingerprint density at radius 2 is 1.96 bits per heavy atom. The number of likely N-dealkylation sites (tertiary alicyclic amines) is 1. The number of halogens is 1. The van der Waals surface area contributed by atoms with Gasteiger partial charge in [-0.05, 0) is 63.3 Å². The zero-order valence-electron chi connectivity index (χ0n) is 14.3. The van der Waals surface area contributed by atoms with Crippen LogP contribution in [0.2, 0.25) is 0 Å². The fourth-order valence-corrected chi connectivity index (χ4v) is 4.35. The summed E-state index contributed by atoms with van der Waals surface area (Å²) in [4.78, 5) is 2.55. The molecule has 2 saturated heterocycles. The van der Waals surface area contributed by atoms with Crippen molar-refractivity contribution in [3.05, 3.63) is 29.8 Å². The van der Waals surface area contributed by atoms with Gasteiger partial charge in [0, 0.05) is 18.5 Å². The highest BCUT2D eigenvalue weighted by molar-refractivity contribution is 6.20. The van der Waals surface area contributed by atoms with Gasteiger partial charge in [-0.25, -0.2) is 0 Å². The molecule has 3 rings (SSSR count). The van der Waals surface area contributed by atoms with Crippen molar-refractivity contribution in [2.45, 2.75) is 56.0 Å². The topological polar surface area (TPSA) is 21.7 Å². The highest BCUT2D eigenvalue weighted by Gasteiger charge is 2.44. The van der Waals surface area contributed by atoms with Gasteiger partial charge in [-0.3, -0.25) is 4.90 Å². The molecule has 4 heteroatoms. The van der Waals surface area contributed by atoms with Gasteiger partial charge in [0.2, 0.25) is 0 Å². The molecular formula is C19H28ClNO2. The first kappa shape index (κ1) is 17.1. The normalized spacial score (nSPS) is 29.0. The maximum atomic E-state index is 6.49. The highest BCUT2D eigenvalue weighted by atomic mass is 35.5. The first-order valence-electron chi connectivity index (χ1n) is 8.80. The number of hydrogen-bond acceptors (Lipinski definition) is 3. The first-order valence-corrected chi connectivity index (χ1v) is 9.23. The van der Waals surface area contributed by atoms with E-state index in [1.165, 1.54) is 18.4 Å². The minimum atomic E-state index is -0.125. The summed E-state index contributed by atoms with van der Waals surface area (Å²) in [5.41, 5.74) is 1.18. The van der Waals surface area contributed by atoms with E-state index in [1.807, 2.05) is 0 Å². The molecular weight excluding hydrogens is 310 g/mol. The predicted molar refractivity (Wildman–Crippen MR) is 94.4 cm³/mol. The minimum absolute atomic E-state index is 0.125. The van der Waals surface area contributed by atoms with Crippen molar-refractivity contribution in [2.75, 3.05) is 26.8 Å². The Morgan fingerprint density at radius 1 is 1.17 bits per heavy atom. The van der Waals surface area contributed by atoms with Gasteiger partial charge in [-0.15, -0.1) is 11.6 Å². The molecule has 0 aromatic heterocycles. The summed E-state index contributed by atoms with van der Waals surface area (Å²) in [5, 5.41) is 0.241. The molecule has 1 aromatic rings. The van der Waals surface area contributed by atoms with E-state index in [4.69, 9.17) is 21.1 Å². The lowest BCUT2D eigenvalue weighted by atomic mass is 9.80. The highest BCUT2D eigenvalue weighted by Crippen LogP contribution is 2.40. The van der Waals surface area contributed by atoms with Crippen LogP contribution in [0.4, 0.5) is 0 Å². The number of benzene rings is 1. The smallest absolute Gasteiger partial charge is 0.118 e. The van der Waals surface area contributed by atoms with E-state index in [0.29, 0.717) is 0 Å². The van der Waals surface area contributed by atoms with E-state index in [9.17, 15) is 0 Å². The predicted octanol–water partition coefficient (Wildman–Crippen LogP) is 4.18. The molecule has 2 heterocycles. The van der Waals surface area contributed by atoms with Crippen LogP contribution in [-0.2, 0) is 10.3 Å². The van der Waals surface area contributed by atoms with Crippen molar-refractivity contribution in [1.29, 1.82) is 0 Å². The molecule has 23 heavy (non-hydrogen) atoms. The van der Waals surface area contributed by atoms with Crippen molar-refractivity contribution in [1.82, 2.24) is 4.90 Å². The summed E-state index contributed by atoms with van der Waals surface area (Å²) in [6.07, 6.45) is 6.04. The van der Waals surface area contributed by atoms with E-state index < -0.39 is 0 Å².